The standard InChI is InChI=1S/C19H21N3O2/c1-23-15-5-2-4-14(12-15)18-6-3-11-22(18)13-16-7-8-19(24-16)17-9-10-20-21-17/h2,4-5,7-10,12,18H,3,6,11,13H2,1H3,(H,20,21)/t18-/m0/s1. The van der Waals surface area contributed by atoms with E-state index >= 15 is 0 Å². The molecule has 1 atom stereocenters. The molecule has 0 spiro atoms. The molecule has 1 N–H and O–H groups in total. The minimum absolute atomic E-state index is 0.417. The summed E-state index contributed by atoms with van der Waals surface area (Å²) in [5.74, 6) is 2.73. The Morgan fingerprint density at radius 2 is 2.25 bits per heavy atom. The quantitative estimate of drug-likeness (QED) is 0.770. The lowest BCUT2D eigenvalue weighted by Crippen LogP contribution is -2.22. The summed E-state index contributed by atoms with van der Waals surface area (Å²) in [6, 6.07) is 14.8. The molecule has 0 unspecified atom stereocenters. The van der Waals surface area contributed by atoms with Crippen LogP contribution in [0, 0.1) is 0 Å². The van der Waals surface area contributed by atoms with E-state index in [1.807, 2.05) is 18.2 Å². The second-order valence-electron chi connectivity index (χ2n) is 6.14. The average Bonchev–Trinajstić information content (AvgIpc) is 3.36. The SMILES string of the molecule is COc1cccc([C@@H]2CCCN2Cc2ccc(-c3ccn[nH]3)o2)c1. The summed E-state index contributed by atoms with van der Waals surface area (Å²) < 4.78 is 11.3. The number of rotatable bonds is 5. The minimum Gasteiger partial charge on any atom is -0.497 e. The van der Waals surface area contributed by atoms with Gasteiger partial charge in [-0.05, 0) is 55.3 Å². The van der Waals surface area contributed by atoms with Crippen LogP contribution in [0.25, 0.3) is 11.5 Å². The summed E-state index contributed by atoms with van der Waals surface area (Å²) >= 11 is 0. The fourth-order valence-electron chi connectivity index (χ4n) is 3.44. The maximum absolute atomic E-state index is 5.98. The van der Waals surface area contributed by atoms with Gasteiger partial charge in [-0.3, -0.25) is 10.00 Å². The number of methoxy groups -OCH3 is 1. The third-order valence-electron chi connectivity index (χ3n) is 4.63. The van der Waals surface area contributed by atoms with Crippen molar-refractivity contribution in [1.29, 1.82) is 0 Å². The maximum atomic E-state index is 5.98. The molecule has 3 heterocycles. The van der Waals surface area contributed by atoms with Crippen LogP contribution in [0.4, 0.5) is 0 Å². The Balaban J connectivity index is 1.51. The highest BCUT2D eigenvalue weighted by molar-refractivity contribution is 5.51. The molecule has 0 bridgehead atoms. The first kappa shape index (κ1) is 15.0. The molecule has 1 aromatic carbocycles. The third kappa shape index (κ3) is 2.95. The molecule has 0 amide bonds. The number of aromatic amines is 1. The van der Waals surface area contributed by atoms with Crippen molar-refractivity contribution in [3.8, 4) is 17.2 Å². The Morgan fingerprint density at radius 3 is 3.08 bits per heavy atom. The largest absolute Gasteiger partial charge is 0.497 e. The van der Waals surface area contributed by atoms with Gasteiger partial charge < -0.3 is 9.15 Å². The fraction of sp³-hybridized carbons (Fsp3) is 0.316. The van der Waals surface area contributed by atoms with Crippen LogP contribution >= 0.6 is 0 Å². The van der Waals surface area contributed by atoms with Crippen LogP contribution in [0.3, 0.4) is 0 Å². The first-order valence-electron chi connectivity index (χ1n) is 8.30. The van der Waals surface area contributed by atoms with Gasteiger partial charge in [-0.25, -0.2) is 0 Å². The molecule has 0 aliphatic carbocycles. The summed E-state index contributed by atoms with van der Waals surface area (Å²) in [4.78, 5) is 2.48. The molecule has 1 fully saturated rings. The van der Waals surface area contributed by atoms with Gasteiger partial charge in [-0.2, -0.15) is 5.10 Å². The molecular weight excluding hydrogens is 302 g/mol. The van der Waals surface area contributed by atoms with Gasteiger partial charge in [0.1, 0.15) is 17.2 Å². The molecule has 24 heavy (non-hydrogen) atoms. The molecule has 5 heteroatoms. The number of hydrogen-bond donors (Lipinski definition) is 1. The van der Waals surface area contributed by atoms with Crippen molar-refractivity contribution in [1.82, 2.24) is 15.1 Å². The number of benzene rings is 1. The summed E-state index contributed by atoms with van der Waals surface area (Å²) in [5, 5.41) is 6.91. The van der Waals surface area contributed by atoms with Crippen molar-refractivity contribution in [3.63, 3.8) is 0 Å². The van der Waals surface area contributed by atoms with E-state index in [4.69, 9.17) is 9.15 Å². The van der Waals surface area contributed by atoms with Gasteiger partial charge in [0, 0.05) is 12.2 Å². The van der Waals surface area contributed by atoms with Gasteiger partial charge >= 0.3 is 0 Å². The van der Waals surface area contributed by atoms with Crippen LogP contribution in [0.15, 0.2) is 53.1 Å². The van der Waals surface area contributed by atoms with E-state index < -0.39 is 0 Å². The lowest BCUT2D eigenvalue weighted by Gasteiger charge is -2.24. The molecule has 1 aliphatic rings. The predicted octanol–water partition coefficient (Wildman–Crippen LogP) is 4.02. The van der Waals surface area contributed by atoms with Gasteiger partial charge in [-0.15, -0.1) is 0 Å². The smallest absolute Gasteiger partial charge is 0.152 e. The number of nitrogens with one attached hydrogen (secondary N) is 1. The summed E-state index contributed by atoms with van der Waals surface area (Å²) in [5.41, 5.74) is 2.22. The van der Waals surface area contributed by atoms with Gasteiger partial charge in [-0.1, -0.05) is 12.1 Å². The molecule has 0 saturated carbocycles. The van der Waals surface area contributed by atoms with E-state index in [0.29, 0.717) is 6.04 Å². The topological polar surface area (TPSA) is 54.3 Å². The number of aromatic nitrogens is 2. The van der Waals surface area contributed by atoms with Crippen LogP contribution in [-0.4, -0.2) is 28.8 Å². The third-order valence-corrected chi connectivity index (χ3v) is 4.63. The van der Waals surface area contributed by atoms with E-state index in [2.05, 4.69) is 39.4 Å². The monoisotopic (exact) mass is 323 g/mol. The summed E-state index contributed by atoms with van der Waals surface area (Å²) in [6.07, 6.45) is 4.11. The zero-order valence-electron chi connectivity index (χ0n) is 13.7. The summed E-state index contributed by atoms with van der Waals surface area (Å²) in [7, 11) is 1.71. The highest BCUT2D eigenvalue weighted by Gasteiger charge is 2.27. The lowest BCUT2D eigenvalue weighted by atomic mass is 10.0. The van der Waals surface area contributed by atoms with Crippen molar-refractivity contribution in [2.75, 3.05) is 13.7 Å². The van der Waals surface area contributed by atoms with E-state index in [9.17, 15) is 0 Å². The normalized spacial score (nSPS) is 18.1. The molecule has 124 valence electrons. The maximum Gasteiger partial charge on any atom is 0.152 e. The number of furan rings is 1. The molecule has 4 rings (SSSR count). The van der Waals surface area contributed by atoms with E-state index in [-0.39, 0.29) is 0 Å². The highest BCUT2D eigenvalue weighted by atomic mass is 16.5. The molecule has 5 nitrogen and oxygen atoms in total. The Labute approximate surface area is 141 Å². The zero-order chi connectivity index (χ0) is 16.4. The van der Waals surface area contributed by atoms with Crippen molar-refractivity contribution in [2.45, 2.75) is 25.4 Å². The first-order valence-corrected chi connectivity index (χ1v) is 8.30. The molecule has 1 aliphatic heterocycles. The molecule has 1 saturated heterocycles. The Morgan fingerprint density at radius 1 is 1.29 bits per heavy atom. The van der Waals surface area contributed by atoms with Crippen molar-refractivity contribution in [2.24, 2.45) is 0 Å². The van der Waals surface area contributed by atoms with Gasteiger partial charge in [0.15, 0.2) is 5.76 Å². The van der Waals surface area contributed by atoms with Crippen LogP contribution in [-0.2, 0) is 6.54 Å². The second-order valence-corrected chi connectivity index (χ2v) is 6.14. The Bertz CT molecular complexity index is 795. The zero-order valence-corrected chi connectivity index (χ0v) is 13.7. The molecule has 2 aromatic heterocycles. The molecule has 0 radical (unpaired) electrons. The van der Waals surface area contributed by atoms with Crippen molar-refractivity contribution in [3.05, 3.63) is 60.0 Å². The van der Waals surface area contributed by atoms with E-state index in [1.165, 1.54) is 18.4 Å². The first-order chi connectivity index (χ1) is 11.8. The van der Waals surface area contributed by atoms with Crippen molar-refractivity contribution >= 4 is 0 Å². The number of nitrogens with zero attached hydrogens (tertiary/aromatic N) is 2. The van der Waals surface area contributed by atoms with Crippen LogP contribution in [0.1, 0.15) is 30.2 Å². The number of likely N-dealkylation sites (tertiary alicyclic amines) is 1. The molecule has 3 aromatic rings. The number of ether oxygens (including phenoxy) is 1. The van der Waals surface area contributed by atoms with E-state index in [1.54, 1.807) is 13.3 Å². The highest BCUT2D eigenvalue weighted by Crippen LogP contribution is 2.35. The predicted molar refractivity (Wildman–Crippen MR) is 91.7 cm³/mol. The van der Waals surface area contributed by atoms with Crippen LogP contribution in [0.2, 0.25) is 0 Å². The van der Waals surface area contributed by atoms with Gasteiger partial charge in [0.05, 0.1) is 13.7 Å². The van der Waals surface area contributed by atoms with E-state index in [0.717, 1.165) is 36.1 Å². The summed E-state index contributed by atoms with van der Waals surface area (Å²) in [6.45, 7) is 1.90. The average molecular weight is 323 g/mol. The van der Waals surface area contributed by atoms with Gasteiger partial charge in [0.2, 0.25) is 0 Å². The van der Waals surface area contributed by atoms with Crippen LogP contribution < -0.4 is 4.74 Å². The number of H-pyrrole nitrogens is 1. The lowest BCUT2D eigenvalue weighted by molar-refractivity contribution is 0.228. The molecular formula is C19H21N3O2. The Hall–Kier alpha value is -2.53. The fourth-order valence-corrected chi connectivity index (χ4v) is 3.44. The van der Waals surface area contributed by atoms with Crippen LogP contribution in [0.5, 0.6) is 5.75 Å². The minimum atomic E-state index is 0.417. The number of hydrogen-bond acceptors (Lipinski definition) is 4. The Kier molecular flexibility index (Phi) is 4.09. The second kappa shape index (κ2) is 6.53. The van der Waals surface area contributed by atoms with Gasteiger partial charge in [0.25, 0.3) is 0 Å². The van der Waals surface area contributed by atoms with Crippen molar-refractivity contribution < 1.29 is 9.15 Å².